The molecular weight excluding hydrogens is 210 g/mol. The fraction of sp³-hybridized carbons (Fsp3) is 0.273. The molecule has 1 aliphatic heterocycles. The lowest BCUT2D eigenvalue weighted by molar-refractivity contribution is -0.139. The van der Waals surface area contributed by atoms with E-state index in [-0.39, 0.29) is 12.5 Å². The Morgan fingerprint density at radius 2 is 2.25 bits per heavy atom. The van der Waals surface area contributed by atoms with Crippen LogP contribution in [-0.2, 0) is 16.0 Å². The molecule has 84 valence electrons. The predicted molar refractivity (Wildman–Crippen MR) is 56.5 cm³/mol. The number of carbonyl (C=O) groups is 2. The lowest BCUT2D eigenvalue weighted by Gasteiger charge is -2.19. The number of carboxylic acid groups (broad SMARTS) is 1. The van der Waals surface area contributed by atoms with Crippen LogP contribution in [0.2, 0.25) is 0 Å². The van der Waals surface area contributed by atoms with Crippen LogP contribution >= 0.6 is 0 Å². The highest BCUT2D eigenvalue weighted by Gasteiger charge is 2.18. The number of amides is 1. The third-order valence-electron chi connectivity index (χ3n) is 2.36. The molecule has 0 unspecified atom stereocenters. The standard InChI is InChI=1S/C11H11NO4/c13-10-5-4-7-8(12-10)2-1-3-9(7)16-6-11(14)15/h1-3H,4-6H2,(H,12,13)(H,14,15). The van der Waals surface area contributed by atoms with Gasteiger partial charge in [0.1, 0.15) is 5.75 Å². The molecule has 2 rings (SSSR count). The molecular formula is C11H11NO4. The first-order valence-electron chi connectivity index (χ1n) is 4.93. The Kier molecular flexibility index (Phi) is 2.76. The summed E-state index contributed by atoms with van der Waals surface area (Å²) in [6.07, 6.45) is 0.984. The first-order valence-corrected chi connectivity index (χ1v) is 4.93. The first kappa shape index (κ1) is 10.5. The van der Waals surface area contributed by atoms with Gasteiger partial charge in [-0.25, -0.2) is 4.79 Å². The second kappa shape index (κ2) is 4.22. The minimum atomic E-state index is -1.02. The zero-order chi connectivity index (χ0) is 11.5. The molecule has 0 aromatic heterocycles. The summed E-state index contributed by atoms with van der Waals surface area (Å²) in [6.45, 7) is -0.371. The summed E-state index contributed by atoms with van der Waals surface area (Å²) >= 11 is 0. The van der Waals surface area contributed by atoms with E-state index in [1.165, 1.54) is 0 Å². The lowest BCUT2D eigenvalue weighted by Crippen LogP contribution is -2.20. The zero-order valence-electron chi connectivity index (χ0n) is 8.53. The molecule has 1 heterocycles. The van der Waals surface area contributed by atoms with Crippen molar-refractivity contribution in [3.63, 3.8) is 0 Å². The van der Waals surface area contributed by atoms with Gasteiger partial charge >= 0.3 is 5.97 Å². The van der Waals surface area contributed by atoms with Crippen LogP contribution in [0.1, 0.15) is 12.0 Å². The van der Waals surface area contributed by atoms with Gasteiger partial charge in [-0.15, -0.1) is 0 Å². The van der Waals surface area contributed by atoms with E-state index in [0.717, 1.165) is 5.56 Å². The maximum atomic E-state index is 11.2. The zero-order valence-corrected chi connectivity index (χ0v) is 8.53. The van der Waals surface area contributed by atoms with E-state index in [1.807, 2.05) is 0 Å². The SMILES string of the molecule is O=C(O)COc1cccc2c1CCC(=O)N2. The maximum absolute atomic E-state index is 11.2. The topological polar surface area (TPSA) is 75.6 Å². The van der Waals surface area contributed by atoms with E-state index in [0.29, 0.717) is 24.3 Å². The molecule has 5 nitrogen and oxygen atoms in total. The van der Waals surface area contributed by atoms with Crippen molar-refractivity contribution in [2.75, 3.05) is 11.9 Å². The van der Waals surface area contributed by atoms with E-state index < -0.39 is 5.97 Å². The summed E-state index contributed by atoms with van der Waals surface area (Å²) < 4.78 is 5.15. The number of fused-ring (bicyclic) bond motifs is 1. The highest BCUT2D eigenvalue weighted by atomic mass is 16.5. The Balaban J connectivity index is 2.23. The predicted octanol–water partition coefficient (Wildman–Crippen LogP) is 1.03. The Bertz CT molecular complexity index is 442. The number of ether oxygens (including phenoxy) is 1. The van der Waals surface area contributed by atoms with Crippen LogP contribution in [0, 0.1) is 0 Å². The largest absolute Gasteiger partial charge is 0.482 e. The number of anilines is 1. The van der Waals surface area contributed by atoms with Gasteiger partial charge in [-0.3, -0.25) is 4.79 Å². The monoisotopic (exact) mass is 221 g/mol. The lowest BCUT2D eigenvalue weighted by atomic mass is 10.0. The van der Waals surface area contributed by atoms with Crippen molar-refractivity contribution in [3.05, 3.63) is 23.8 Å². The molecule has 0 radical (unpaired) electrons. The van der Waals surface area contributed by atoms with Crippen molar-refractivity contribution in [2.45, 2.75) is 12.8 Å². The van der Waals surface area contributed by atoms with Gasteiger partial charge in [-0.1, -0.05) is 6.07 Å². The van der Waals surface area contributed by atoms with E-state index >= 15 is 0 Å². The molecule has 1 aliphatic rings. The maximum Gasteiger partial charge on any atom is 0.341 e. The smallest absolute Gasteiger partial charge is 0.341 e. The van der Waals surface area contributed by atoms with E-state index in [4.69, 9.17) is 9.84 Å². The number of carbonyl (C=O) groups excluding carboxylic acids is 1. The van der Waals surface area contributed by atoms with Crippen LogP contribution < -0.4 is 10.1 Å². The van der Waals surface area contributed by atoms with E-state index in [2.05, 4.69) is 5.32 Å². The molecule has 1 aromatic rings. The van der Waals surface area contributed by atoms with Crippen LogP contribution in [0.3, 0.4) is 0 Å². The van der Waals surface area contributed by atoms with Crippen molar-refractivity contribution in [1.29, 1.82) is 0 Å². The molecule has 0 atom stereocenters. The molecule has 0 saturated carbocycles. The Labute approximate surface area is 92.0 Å². The molecule has 5 heteroatoms. The number of rotatable bonds is 3. The van der Waals surface area contributed by atoms with Gasteiger partial charge in [0, 0.05) is 17.7 Å². The summed E-state index contributed by atoms with van der Waals surface area (Å²) in [7, 11) is 0. The summed E-state index contributed by atoms with van der Waals surface area (Å²) in [5.41, 5.74) is 1.57. The molecule has 16 heavy (non-hydrogen) atoms. The van der Waals surface area contributed by atoms with Gasteiger partial charge in [0.05, 0.1) is 0 Å². The molecule has 2 N–H and O–H groups in total. The van der Waals surface area contributed by atoms with Crippen LogP contribution in [0.4, 0.5) is 5.69 Å². The van der Waals surface area contributed by atoms with Gasteiger partial charge in [-0.2, -0.15) is 0 Å². The minimum absolute atomic E-state index is 0.0251. The molecule has 0 aliphatic carbocycles. The number of hydrogen-bond donors (Lipinski definition) is 2. The number of aliphatic carboxylic acids is 1. The summed E-state index contributed by atoms with van der Waals surface area (Å²) in [4.78, 5) is 21.6. The second-order valence-electron chi connectivity index (χ2n) is 3.51. The number of nitrogens with one attached hydrogen (secondary N) is 1. The number of benzene rings is 1. The van der Waals surface area contributed by atoms with Crippen molar-refractivity contribution >= 4 is 17.6 Å². The second-order valence-corrected chi connectivity index (χ2v) is 3.51. The van der Waals surface area contributed by atoms with Gasteiger partial charge < -0.3 is 15.2 Å². The highest BCUT2D eigenvalue weighted by molar-refractivity contribution is 5.94. The number of hydrogen-bond acceptors (Lipinski definition) is 3. The third kappa shape index (κ3) is 2.13. The van der Waals surface area contributed by atoms with Crippen molar-refractivity contribution in [2.24, 2.45) is 0 Å². The van der Waals surface area contributed by atoms with Crippen LogP contribution in [-0.4, -0.2) is 23.6 Å². The molecule has 0 saturated heterocycles. The summed E-state index contributed by atoms with van der Waals surface area (Å²) in [6, 6.07) is 5.21. The van der Waals surface area contributed by atoms with E-state index in [1.54, 1.807) is 18.2 Å². The fourth-order valence-corrected chi connectivity index (χ4v) is 1.67. The van der Waals surface area contributed by atoms with E-state index in [9.17, 15) is 9.59 Å². The molecule has 1 aromatic carbocycles. The molecule has 1 amide bonds. The van der Waals surface area contributed by atoms with Crippen LogP contribution in [0.5, 0.6) is 5.75 Å². The summed E-state index contributed by atoms with van der Waals surface area (Å²) in [5, 5.41) is 11.2. The van der Waals surface area contributed by atoms with Crippen molar-refractivity contribution in [1.82, 2.24) is 0 Å². The Morgan fingerprint density at radius 1 is 1.44 bits per heavy atom. The third-order valence-corrected chi connectivity index (χ3v) is 2.36. The quantitative estimate of drug-likeness (QED) is 0.799. The van der Waals surface area contributed by atoms with Gasteiger partial charge in [0.25, 0.3) is 0 Å². The van der Waals surface area contributed by atoms with Gasteiger partial charge in [0.2, 0.25) is 5.91 Å². The van der Waals surface area contributed by atoms with Gasteiger partial charge in [0.15, 0.2) is 6.61 Å². The minimum Gasteiger partial charge on any atom is -0.482 e. The van der Waals surface area contributed by atoms with Crippen LogP contribution in [0.15, 0.2) is 18.2 Å². The molecule has 0 spiro atoms. The Hall–Kier alpha value is -2.04. The number of carboxylic acids is 1. The Morgan fingerprint density at radius 3 is 3.00 bits per heavy atom. The van der Waals surface area contributed by atoms with Gasteiger partial charge in [-0.05, 0) is 18.6 Å². The average Bonchev–Trinajstić information content (AvgIpc) is 2.25. The summed E-state index contributed by atoms with van der Waals surface area (Å²) in [5.74, 6) is -0.514. The first-order chi connectivity index (χ1) is 7.66. The van der Waals surface area contributed by atoms with Crippen molar-refractivity contribution < 1.29 is 19.4 Å². The average molecular weight is 221 g/mol. The molecule has 0 fully saturated rings. The highest BCUT2D eigenvalue weighted by Crippen LogP contribution is 2.30. The fourth-order valence-electron chi connectivity index (χ4n) is 1.67. The van der Waals surface area contributed by atoms with Crippen LogP contribution in [0.25, 0.3) is 0 Å². The normalized spacial score (nSPS) is 13.9. The van der Waals surface area contributed by atoms with Crippen molar-refractivity contribution in [3.8, 4) is 5.75 Å². The molecule has 0 bridgehead atoms.